The number of carbonyl (C=O) groups is 1. The van der Waals surface area contributed by atoms with E-state index in [2.05, 4.69) is 26.1 Å². The summed E-state index contributed by atoms with van der Waals surface area (Å²) in [7, 11) is 0. The van der Waals surface area contributed by atoms with Gasteiger partial charge in [0.2, 0.25) is 0 Å². The lowest BCUT2D eigenvalue weighted by Gasteiger charge is -2.26. The Kier molecular flexibility index (Phi) is 6.16. The molecule has 0 saturated carbocycles. The lowest BCUT2D eigenvalue weighted by atomic mass is 9.88. The zero-order chi connectivity index (χ0) is 17.6. The maximum absolute atomic E-state index is 11.8. The van der Waals surface area contributed by atoms with Crippen LogP contribution in [0.25, 0.3) is 0 Å². The normalized spacial score (nSPS) is 13.0. The molecule has 3 nitrogen and oxygen atoms in total. The summed E-state index contributed by atoms with van der Waals surface area (Å²) in [5, 5.41) is 13.0. The van der Waals surface area contributed by atoms with Gasteiger partial charge in [-0.05, 0) is 29.4 Å². The van der Waals surface area contributed by atoms with E-state index in [0.717, 1.165) is 17.5 Å². The van der Waals surface area contributed by atoms with E-state index in [9.17, 15) is 9.90 Å². The molecule has 0 fully saturated rings. The molecule has 0 aliphatic rings. The van der Waals surface area contributed by atoms with Gasteiger partial charge in [-0.25, -0.2) is 0 Å². The van der Waals surface area contributed by atoms with Crippen molar-refractivity contribution in [3.8, 4) is 0 Å². The van der Waals surface area contributed by atoms with Crippen LogP contribution in [0.5, 0.6) is 0 Å². The number of carboxylic acid groups (broad SMARTS) is 1. The zero-order valence-electron chi connectivity index (χ0n) is 14.7. The Balaban J connectivity index is 2.25. The molecule has 0 aliphatic heterocycles. The summed E-state index contributed by atoms with van der Waals surface area (Å²) in [5.74, 6) is -0.795. The summed E-state index contributed by atoms with van der Waals surface area (Å²) in [6.07, 6.45) is 1.46. The number of carboxylic acids is 1. The molecule has 128 valence electrons. The van der Waals surface area contributed by atoms with Crippen molar-refractivity contribution in [2.45, 2.75) is 45.7 Å². The molecular formula is C21H27NO2. The fourth-order valence-corrected chi connectivity index (χ4v) is 2.73. The first-order valence-electron chi connectivity index (χ1n) is 8.45. The Bertz CT molecular complexity index is 592. The Labute approximate surface area is 144 Å². The van der Waals surface area contributed by atoms with E-state index in [4.69, 9.17) is 0 Å². The van der Waals surface area contributed by atoms with E-state index in [1.54, 1.807) is 0 Å². The van der Waals surface area contributed by atoms with Gasteiger partial charge in [0.25, 0.3) is 0 Å². The third kappa shape index (κ3) is 5.50. The second-order valence-corrected chi connectivity index (χ2v) is 7.41. The van der Waals surface area contributed by atoms with E-state index in [1.807, 2.05) is 60.7 Å². The van der Waals surface area contributed by atoms with Gasteiger partial charge in [0, 0.05) is 0 Å². The van der Waals surface area contributed by atoms with Crippen LogP contribution in [0.2, 0.25) is 0 Å². The highest BCUT2D eigenvalue weighted by Gasteiger charge is 2.25. The number of hydrogen-bond donors (Lipinski definition) is 2. The minimum Gasteiger partial charge on any atom is -0.480 e. The topological polar surface area (TPSA) is 49.3 Å². The summed E-state index contributed by atoms with van der Waals surface area (Å²) in [6, 6.07) is 19.3. The number of benzene rings is 2. The van der Waals surface area contributed by atoms with Crippen molar-refractivity contribution in [3.05, 3.63) is 71.8 Å². The predicted octanol–water partition coefficient (Wildman–Crippen LogP) is 4.65. The lowest BCUT2D eigenvalue weighted by Crippen LogP contribution is -2.40. The monoisotopic (exact) mass is 325 g/mol. The Morgan fingerprint density at radius 1 is 0.958 bits per heavy atom. The third-order valence-corrected chi connectivity index (χ3v) is 4.11. The van der Waals surface area contributed by atoms with Crippen molar-refractivity contribution in [2.24, 2.45) is 5.41 Å². The van der Waals surface area contributed by atoms with Crippen LogP contribution in [0.15, 0.2) is 60.7 Å². The summed E-state index contributed by atoms with van der Waals surface area (Å²) in [4.78, 5) is 11.8. The maximum Gasteiger partial charge on any atom is 0.320 e. The average molecular weight is 325 g/mol. The molecule has 2 N–H and O–H groups in total. The lowest BCUT2D eigenvalue weighted by molar-refractivity contribution is -0.140. The fourth-order valence-electron chi connectivity index (χ4n) is 2.73. The van der Waals surface area contributed by atoms with Crippen molar-refractivity contribution < 1.29 is 9.90 Å². The first-order valence-corrected chi connectivity index (χ1v) is 8.45. The van der Waals surface area contributed by atoms with Gasteiger partial charge in [0.15, 0.2) is 0 Å². The van der Waals surface area contributed by atoms with Crippen molar-refractivity contribution in [3.63, 3.8) is 0 Å². The molecule has 1 atom stereocenters. The zero-order valence-corrected chi connectivity index (χ0v) is 14.7. The number of rotatable bonds is 7. The van der Waals surface area contributed by atoms with Crippen LogP contribution in [0.3, 0.4) is 0 Å². The largest absolute Gasteiger partial charge is 0.480 e. The highest BCUT2D eigenvalue weighted by atomic mass is 16.4. The molecule has 0 spiro atoms. The van der Waals surface area contributed by atoms with Crippen molar-refractivity contribution in [1.82, 2.24) is 5.32 Å². The second-order valence-electron chi connectivity index (χ2n) is 7.41. The van der Waals surface area contributed by atoms with E-state index < -0.39 is 12.0 Å². The molecule has 0 aliphatic carbocycles. The van der Waals surface area contributed by atoms with Crippen molar-refractivity contribution in [1.29, 1.82) is 0 Å². The molecule has 0 aromatic heterocycles. The first-order chi connectivity index (χ1) is 11.4. The van der Waals surface area contributed by atoms with E-state index in [-0.39, 0.29) is 11.5 Å². The SMILES string of the molecule is CC(C)(C)CC[C@H](NC(c1ccccc1)c1ccccc1)C(=O)O. The van der Waals surface area contributed by atoms with E-state index >= 15 is 0 Å². The highest BCUT2D eigenvalue weighted by molar-refractivity contribution is 5.73. The van der Waals surface area contributed by atoms with Gasteiger partial charge in [0.05, 0.1) is 6.04 Å². The van der Waals surface area contributed by atoms with Crippen molar-refractivity contribution >= 4 is 5.97 Å². The molecule has 24 heavy (non-hydrogen) atoms. The fraction of sp³-hybridized carbons (Fsp3) is 0.381. The quantitative estimate of drug-likeness (QED) is 0.779. The van der Waals surface area contributed by atoms with Gasteiger partial charge in [0.1, 0.15) is 6.04 Å². The van der Waals surface area contributed by atoms with E-state index in [0.29, 0.717) is 6.42 Å². The predicted molar refractivity (Wildman–Crippen MR) is 98.0 cm³/mol. The first kappa shape index (κ1) is 18.2. The molecule has 2 aromatic carbocycles. The molecule has 3 heteroatoms. The molecule has 2 aromatic rings. The van der Waals surface area contributed by atoms with Gasteiger partial charge in [-0.3, -0.25) is 10.1 Å². The van der Waals surface area contributed by atoms with Crippen LogP contribution in [0.4, 0.5) is 0 Å². The average Bonchev–Trinajstić information content (AvgIpc) is 2.55. The van der Waals surface area contributed by atoms with Gasteiger partial charge >= 0.3 is 5.97 Å². The standard InChI is InChI=1S/C21H27NO2/c1-21(2,3)15-14-18(20(23)24)22-19(16-10-6-4-7-11-16)17-12-8-5-9-13-17/h4-13,18-19,22H,14-15H2,1-3H3,(H,23,24)/t18-/m0/s1. The number of hydrogen-bond acceptors (Lipinski definition) is 2. The molecular weight excluding hydrogens is 298 g/mol. The van der Waals surface area contributed by atoms with Crippen LogP contribution in [0, 0.1) is 5.41 Å². The van der Waals surface area contributed by atoms with Gasteiger partial charge in [-0.2, -0.15) is 0 Å². The Hall–Kier alpha value is -2.13. The third-order valence-electron chi connectivity index (χ3n) is 4.11. The minimum atomic E-state index is -0.795. The van der Waals surface area contributed by atoms with Crippen LogP contribution in [0.1, 0.15) is 50.8 Å². The summed E-state index contributed by atoms with van der Waals surface area (Å²) >= 11 is 0. The second kappa shape index (κ2) is 8.11. The highest BCUT2D eigenvalue weighted by Crippen LogP contribution is 2.26. The number of nitrogens with one attached hydrogen (secondary N) is 1. The minimum absolute atomic E-state index is 0.115. The maximum atomic E-state index is 11.8. The summed E-state index contributed by atoms with van der Waals surface area (Å²) in [6.45, 7) is 6.41. The van der Waals surface area contributed by atoms with Crippen LogP contribution >= 0.6 is 0 Å². The van der Waals surface area contributed by atoms with Crippen molar-refractivity contribution in [2.75, 3.05) is 0 Å². The number of aliphatic carboxylic acids is 1. The molecule has 0 unspecified atom stereocenters. The smallest absolute Gasteiger partial charge is 0.320 e. The van der Waals surface area contributed by atoms with Gasteiger partial charge < -0.3 is 5.11 Å². The van der Waals surface area contributed by atoms with Gasteiger partial charge in [-0.1, -0.05) is 81.4 Å². The summed E-state index contributed by atoms with van der Waals surface area (Å²) in [5.41, 5.74) is 2.26. The van der Waals surface area contributed by atoms with Crippen LogP contribution < -0.4 is 5.32 Å². The molecule has 0 bridgehead atoms. The van der Waals surface area contributed by atoms with Gasteiger partial charge in [-0.15, -0.1) is 0 Å². The molecule has 2 rings (SSSR count). The van der Waals surface area contributed by atoms with Crippen LogP contribution in [-0.4, -0.2) is 17.1 Å². The Morgan fingerprint density at radius 2 is 1.42 bits per heavy atom. The Morgan fingerprint density at radius 3 is 1.79 bits per heavy atom. The summed E-state index contributed by atoms with van der Waals surface area (Å²) < 4.78 is 0. The molecule has 0 radical (unpaired) electrons. The van der Waals surface area contributed by atoms with E-state index in [1.165, 1.54) is 0 Å². The molecule has 0 amide bonds. The van der Waals surface area contributed by atoms with Crippen LogP contribution in [-0.2, 0) is 4.79 Å². The molecule has 0 heterocycles. The molecule has 0 saturated heterocycles.